The van der Waals surface area contributed by atoms with Gasteiger partial charge < -0.3 is 23.5 Å². The molecule has 1 amide bonds. The number of halogens is 3. The van der Waals surface area contributed by atoms with Gasteiger partial charge in [-0.2, -0.15) is 0 Å². The van der Waals surface area contributed by atoms with E-state index in [9.17, 15) is 4.79 Å². The van der Waals surface area contributed by atoms with Crippen LogP contribution in [-0.2, 0) is 4.79 Å². The number of amides is 1. The SMILES string of the molecule is NCC(=O)Nc1cc(Cl)ccc1Cl.[Cl-]. The number of rotatable bonds is 2. The summed E-state index contributed by atoms with van der Waals surface area (Å²) < 4.78 is 0. The Morgan fingerprint density at radius 1 is 1.43 bits per heavy atom. The maximum absolute atomic E-state index is 10.9. The number of carbonyl (C=O) groups excluding carboxylic acids is 1. The molecule has 0 unspecified atom stereocenters. The maximum atomic E-state index is 10.9. The number of benzene rings is 1. The van der Waals surface area contributed by atoms with Crippen molar-refractivity contribution in [1.82, 2.24) is 0 Å². The largest absolute Gasteiger partial charge is 1.00 e. The zero-order chi connectivity index (χ0) is 9.84. The molecule has 0 bridgehead atoms. The summed E-state index contributed by atoms with van der Waals surface area (Å²) >= 11 is 11.5. The summed E-state index contributed by atoms with van der Waals surface area (Å²) in [6.07, 6.45) is 0. The van der Waals surface area contributed by atoms with Crippen LogP contribution in [0.1, 0.15) is 0 Å². The molecule has 0 aliphatic heterocycles. The molecular formula is C8H8Cl3N2O-. The fourth-order valence-electron chi connectivity index (χ4n) is 0.795. The summed E-state index contributed by atoms with van der Waals surface area (Å²) in [5.74, 6) is -0.302. The summed E-state index contributed by atoms with van der Waals surface area (Å²) in [5, 5.41) is 3.47. The second-order valence-corrected chi connectivity index (χ2v) is 3.22. The lowest BCUT2D eigenvalue weighted by molar-refractivity contribution is -0.114. The number of anilines is 1. The Hall–Kier alpha value is -0.480. The summed E-state index contributed by atoms with van der Waals surface area (Å²) in [4.78, 5) is 10.9. The van der Waals surface area contributed by atoms with E-state index in [2.05, 4.69) is 5.32 Å². The zero-order valence-corrected chi connectivity index (χ0v) is 9.33. The predicted molar refractivity (Wildman–Crippen MR) is 54.1 cm³/mol. The van der Waals surface area contributed by atoms with Gasteiger partial charge in [-0.15, -0.1) is 0 Å². The van der Waals surface area contributed by atoms with Gasteiger partial charge in [0.15, 0.2) is 0 Å². The fraction of sp³-hybridized carbons (Fsp3) is 0.125. The van der Waals surface area contributed by atoms with Crippen molar-refractivity contribution in [1.29, 1.82) is 0 Å². The standard InChI is InChI=1S/C8H8Cl2N2O.ClH/c9-5-1-2-6(10)7(3-5)12-8(13)4-11;/h1-3H,4,11H2,(H,12,13);1H/p-1. The van der Waals surface area contributed by atoms with Crippen LogP contribution in [0.2, 0.25) is 10.0 Å². The van der Waals surface area contributed by atoms with E-state index in [4.69, 9.17) is 28.9 Å². The van der Waals surface area contributed by atoms with Gasteiger partial charge in [0, 0.05) is 5.02 Å². The third-order valence-corrected chi connectivity index (χ3v) is 1.95. The van der Waals surface area contributed by atoms with Crippen molar-refractivity contribution in [2.45, 2.75) is 0 Å². The molecule has 14 heavy (non-hydrogen) atoms. The molecule has 3 N–H and O–H groups in total. The number of hydrogen-bond acceptors (Lipinski definition) is 2. The van der Waals surface area contributed by atoms with Crippen molar-refractivity contribution in [3.05, 3.63) is 28.2 Å². The van der Waals surface area contributed by atoms with Crippen molar-refractivity contribution in [3.8, 4) is 0 Å². The molecule has 0 spiro atoms. The van der Waals surface area contributed by atoms with E-state index in [0.29, 0.717) is 15.7 Å². The van der Waals surface area contributed by atoms with Gasteiger partial charge >= 0.3 is 0 Å². The molecule has 0 saturated heterocycles. The van der Waals surface area contributed by atoms with Crippen LogP contribution < -0.4 is 23.5 Å². The predicted octanol–water partition coefficient (Wildman–Crippen LogP) is -1.11. The van der Waals surface area contributed by atoms with Crippen molar-refractivity contribution >= 4 is 34.8 Å². The highest BCUT2D eigenvalue weighted by atomic mass is 35.5. The van der Waals surface area contributed by atoms with Gasteiger partial charge in [-0.25, -0.2) is 0 Å². The van der Waals surface area contributed by atoms with Crippen LogP contribution in [0, 0.1) is 0 Å². The highest BCUT2D eigenvalue weighted by Crippen LogP contribution is 2.25. The molecule has 6 heteroatoms. The molecule has 1 rings (SSSR count). The molecule has 0 fully saturated rings. The normalized spacial score (nSPS) is 9.07. The van der Waals surface area contributed by atoms with Crippen LogP contribution in [0.3, 0.4) is 0 Å². The molecule has 0 atom stereocenters. The molecule has 0 heterocycles. The first-order valence-corrected chi connectivity index (χ1v) is 4.34. The first-order chi connectivity index (χ1) is 6.13. The third-order valence-electron chi connectivity index (χ3n) is 1.39. The van der Waals surface area contributed by atoms with E-state index in [1.807, 2.05) is 0 Å². The Morgan fingerprint density at radius 2 is 2.07 bits per heavy atom. The molecule has 0 aromatic heterocycles. The van der Waals surface area contributed by atoms with Gasteiger partial charge in [0.2, 0.25) is 5.91 Å². The molecule has 3 nitrogen and oxygen atoms in total. The van der Waals surface area contributed by atoms with Crippen LogP contribution in [0.15, 0.2) is 18.2 Å². The molecule has 0 aliphatic carbocycles. The Bertz CT molecular complexity index is 330. The highest BCUT2D eigenvalue weighted by Gasteiger charge is 2.03. The van der Waals surface area contributed by atoms with Crippen LogP contribution in [-0.4, -0.2) is 12.5 Å². The number of nitrogens with two attached hydrogens (primary N) is 1. The van der Waals surface area contributed by atoms with Gasteiger partial charge in [0.1, 0.15) is 0 Å². The monoisotopic (exact) mass is 253 g/mol. The summed E-state index contributed by atoms with van der Waals surface area (Å²) in [6, 6.07) is 4.81. The molecule has 1 aromatic carbocycles. The lowest BCUT2D eigenvalue weighted by Gasteiger charge is -2.05. The number of nitrogens with one attached hydrogen (secondary N) is 1. The van der Waals surface area contributed by atoms with Crippen LogP contribution in [0.25, 0.3) is 0 Å². The highest BCUT2D eigenvalue weighted by molar-refractivity contribution is 6.35. The fourth-order valence-corrected chi connectivity index (χ4v) is 1.13. The van der Waals surface area contributed by atoms with Crippen molar-refractivity contribution < 1.29 is 17.2 Å². The molecule has 0 aliphatic rings. The first-order valence-electron chi connectivity index (χ1n) is 3.58. The average Bonchev–Trinajstić information content (AvgIpc) is 2.11. The summed E-state index contributed by atoms with van der Waals surface area (Å²) in [5.41, 5.74) is 5.60. The lowest BCUT2D eigenvalue weighted by Crippen LogP contribution is -3.00. The number of hydrogen-bond donors (Lipinski definition) is 2. The molecule has 78 valence electrons. The lowest BCUT2D eigenvalue weighted by atomic mass is 10.3. The minimum absolute atomic E-state index is 0. The average molecular weight is 255 g/mol. The Morgan fingerprint density at radius 3 is 2.64 bits per heavy atom. The summed E-state index contributed by atoms with van der Waals surface area (Å²) in [6.45, 7) is -0.0805. The zero-order valence-electron chi connectivity index (χ0n) is 7.06. The van der Waals surface area contributed by atoms with E-state index < -0.39 is 0 Å². The molecular weight excluding hydrogens is 246 g/mol. The quantitative estimate of drug-likeness (QED) is 0.704. The van der Waals surface area contributed by atoms with E-state index in [0.717, 1.165) is 0 Å². The topological polar surface area (TPSA) is 55.1 Å². The Balaban J connectivity index is 0.00000169. The molecule has 0 radical (unpaired) electrons. The first kappa shape index (κ1) is 13.5. The smallest absolute Gasteiger partial charge is 0.238 e. The maximum Gasteiger partial charge on any atom is 0.238 e. The van der Waals surface area contributed by atoms with Crippen LogP contribution in [0.4, 0.5) is 5.69 Å². The van der Waals surface area contributed by atoms with Crippen molar-refractivity contribution in [2.75, 3.05) is 11.9 Å². The second-order valence-electron chi connectivity index (χ2n) is 2.38. The van der Waals surface area contributed by atoms with Crippen LogP contribution in [0.5, 0.6) is 0 Å². The van der Waals surface area contributed by atoms with E-state index >= 15 is 0 Å². The molecule has 1 aromatic rings. The van der Waals surface area contributed by atoms with Gasteiger partial charge in [-0.1, -0.05) is 23.2 Å². The van der Waals surface area contributed by atoms with Gasteiger partial charge in [-0.3, -0.25) is 4.79 Å². The van der Waals surface area contributed by atoms with E-state index in [1.54, 1.807) is 18.2 Å². The van der Waals surface area contributed by atoms with Crippen LogP contribution >= 0.6 is 23.2 Å². The van der Waals surface area contributed by atoms with E-state index in [-0.39, 0.29) is 24.9 Å². The summed E-state index contributed by atoms with van der Waals surface area (Å²) in [7, 11) is 0. The van der Waals surface area contributed by atoms with Gasteiger partial charge in [-0.05, 0) is 18.2 Å². The minimum atomic E-state index is -0.302. The minimum Gasteiger partial charge on any atom is -1.00 e. The van der Waals surface area contributed by atoms with Gasteiger partial charge in [0.25, 0.3) is 0 Å². The molecule has 0 saturated carbocycles. The Labute approximate surface area is 98.0 Å². The number of carbonyl (C=O) groups is 1. The van der Waals surface area contributed by atoms with Crippen molar-refractivity contribution in [2.24, 2.45) is 5.73 Å². The van der Waals surface area contributed by atoms with Gasteiger partial charge in [0.05, 0.1) is 17.3 Å². The van der Waals surface area contributed by atoms with E-state index in [1.165, 1.54) is 0 Å². The second kappa shape index (κ2) is 6.09. The Kier molecular flexibility index (Phi) is 5.88. The van der Waals surface area contributed by atoms with Crippen molar-refractivity contribution in [3.63, 3.8) is 0 Å². The third kappa shape index (κ3) is 3.72.